The van der Waals surface area contributed by atoms with E-state index < -0.39 is 11.6 Å². The van der Waals surface area contributed by atoms with Crippen LogP contribution in [-0.4, -0.2) is 6.54 Å². The van der Waals surface area contributed by atoms with Crippen molar-refractivity contribution in [1.29, 1.82) is 0 Å². The Kier molecular flexibility index (Phi) is 2.50. The predicted molar refractivity (Wildman–Crippen MR) is 51.1 cm³/mol. The fourth-order valence-electron chi connectivity index (χ4n) is 2.03. The monoisotopic (exact) mass is 197 g/mol. The van der Waals surface area contributed by atoms with E-state index >= 15 is 0 Å². The van der Waals surface area contributed by atoms with Crippen LogP contribution in [0.15, 0.2) is 12.1 Å². The van der Waals surface area contributed by atoms with E-state index in [9.17, 15) is 8.78 Å². The Balaban J connectivity index is 2.50. The Morgan fingerprint density at radius 1 is 1.43 bits per heavy atom. The molecule has 0 amide bonds. The summed E-state index contributed by atoms with van der Waals surface area (Å²) in [5, 5.41) is 3.28. The van der Waals surface area contributed by atoms with E-state index in [0.717, 1.165) is 18.5 Å². The molecule has 1 aliphatic heterocycles. The Morgan fingerprint density at radius 3 is 2.93 bits per heavy atom. The zero-order chi connectivity index (χ0) is 10.1. The molecule has 2 rings (SSSR count). The highest BCUT2D eigenvalue weighted by Crippen LogP contribution is 2.28. The first-order valence-corrected chi connectivity index (χ1v) is 4.94. The van der Waals surface area contributed by atoms with Crippen LogP contribution < -0.4 is 5.32 Å². The molecule has 1 aromatic rings. The van der Waals surface area contributed by atoms with Crippen molar-refractivity contribution in [1.82, 2.24) is 5.32 Å². The van der Waals surface area contributed by atoms with Gasteiger partial charge in [0.2, 0.25) is 0 Å². The minimum absolute atomic E-state index is 0.175. The van der Waals surface area contributed by atoms with Crippen LogP contribution in [0.1, 0.15) is 30.5 Å². The second kappa shape index (κ2) is 3.65. The lowest BCUT2D eigenvalue weighted by atomic mass is 9.92. The van der Waals surface area contributed by atoms with Gasteiger partial charge in [-0.25, -0.2) is 8.78 Å². The minimum Gasteiger partial charge on any atom is -0.310 e. The van der Waals surface area contributed by atoms with Gasteiger partial charge in [-0.2, -0.15) is 0 Å². The normalized spacial score (nSPS) is 20.6. The molecule has 1 heterocycles. The summed E-state index contributed by atoms with van der Waals surface area (Å²) < 4.78 is 26.3. The lowest BCUT2D eigenvalue weighted by Crippen LogP contribution is -2.30. The van der Waals surface area contributed by atoms with Gasteiger partial charge in [0.1, 0.15) is 0 Å². The molecule has 3 heteroatoms. The first kappa shape index (κ1) is 9.59. The summed E-state index contributed by atoms with van der Waals surface area (Å²) in [7, 11) is 0. The van der Waals surface area contributed by atoms with E-state index in [0.29, 0.717) is 12.0 Å². The van der Waals surface area contributed by atoms with Gasteiger partial charge in [-0.3, -0.25) is 0 Å². The minimum atomic E-state index is -0.736. The van der Waals surface area contributed by atoms with Crippen LogP contribution in [-0.2, 0) is 6.42 Å². The van der Waals surface area contributed by atoms with Crippen LogP contribution in [0.3, 0.4) is 0 Å². The highest BCUT2D eigenvalue weighted by Gasteiger charge is 2.22. The van der Waals surface area contributed by atoms with Gasteiger partial charge in [-0.15, -0.1) is 0 Å². The van der Waals surface area contributed by atoms with Gasteiger partial charge in [-0.05, 0) is 36.6 Å². The molecule has 1 nitrogen and oxygen atoms in total. The molecule has 1 unspecified atom stereocenters. The van der Waals surface area contributed by atoms with Crippen molar-refractivity contribution >= 4 is 0 Å². The SMILES string of the molecule is CCC1NCCc2c1ccc(F)c2F. The maximum Gasteiger partial charge on any atom is 0.162 e. The fourth-order valence-corrected chi connectivity index (χ4v) is 2.03. The van der Waals surface area contributed by atoms with E-state index in [1.807, 2.05) is 6.92 Å². The molecule has 0 aromatic heterocycles. The largest absolute Gasteiger partial charge is 0.310 e. The first-order chi connectivity index (χ1) is 6.74. The molecule has 0 fully saturated rings. The third-order valence-electron chi connectivity index (χ3n) is 2.78. The lowest BCUT2D eigenvalue weighted by Gasteiger charge is -2.26. The van der Waals surface area contributed by atoms with Gasteiger partial charge in [0.15, 0.2) is 11.6 Å². The van der Waals surface area contributed by atoms with E-state index in [1.54, 1.807) is 6.07 Å². The summed E-state index contributed by atoms with van der Waals surface area (Å²) in [5.74, 6) is -1.40. The van der Waals surface area contributed by atoms with Gasteiger partial charge in [0.25, 0.3) is 0 Å². The Hall–Kier alpha value is -0.960. The number of nitrogens with one attached hydrogen (secondary N) is 1. The number of benzene rings is 1. The summed E-state index contributed by atoms with van der Waals surface area (Å²) in [5.41, 5.74) is 1.47. The van der Waals surface area contributed by atoms with Crippen LogP contribution in [0.5, 0.6) is 0 Å². The molecule has 0 saturated carbocycles. The smallest absolute Gasteiger partial charge is 0.162 e. The first-order valence-electron chi connectivity index (χ1n) is 4.94. The number of hydrogen-bond acceptors (Lipinski definition) is 1. The van der Waals surface area contributed by atoms with Crippen LogP contribution in [0, 0.1) is 11.6 Å². The quantitative estimate of drug-likeness (QED) is 0.729. The third-order valence-corrected chi connectivity index (χ3v) is 2.78. The van der Waals surface area contributed by atoms with Crippen molar-refractivity contribution in [2.24, 2.45) is 0 Å². The second-order valence-electron chi connectivity index (χ2n) is 3.59. The molecule has 1 N–H and O–H groups in total. The second-order valence-corrected chi connectivity index (χ2v) is 3.59. The zero-order valence-electron chi connectivity index (χ0n) is 8.11. The topological polar surface area (TPSA) is 12.0 Å². The maximum absolute atomic E-state index is 13.4. The zero-order valence-corrected chi connectivity index (χ0v) is 8.11. The van der Waals surface area contributed by atoms with Gasteiger partial charge < -0.3 is 5.32 Å². The van der Waals surface area contributed by atoms with Crippen molar-refractivity contribution in [3.05, 3.63) is 34.9 Å². The Labute approximate surface area is 82.1 Å². The number of halogens is 2. The summed E-state index contributed by atoms with van der Waals surface area (Å²) in [4.78, 5) is 0. The van der Waals surface area contributed by atoms with Crippen molar-refractivity contribution in [3.63, 3.8) is 0 Å². The standard InChI is InChI=1S/C11H13F2N/c1-2-10-7-3-4-9(12)11(13)8(7)5-6-14-10/h3-4,10,14H,2,5-6H2,1H3. The lowest BCUT2D eigenvalue weighted by molar-refractivity contribution is 0.451. The highest BCUT2D eigenvalue weighted by molar-refractivity contribution is 5.34. The molecular formula is C11H13F2N. The van der Waals surface area contributed by atoms with Crippen molar-refractivity contribution in [2.75, 3.05) is 6.54 Å². The molecule has 1 atom stereocenters. The van der Waals surface area contributed by atoms with Crippen LogP contribution in [0.25, 0.3) is 0 Å². The van der Waals surface area contributed by atoms with Crippen molar-refractivity contribution in [3.8, 4) is 0 Å². The van der Waals surface area contributed by atoms with E-state index in [-0.39, 0.29) is 6.04 Å². The predicted octanol–water partition coefficient (Wildman–Crippen LogP) is 2.56. The van der Waals surface area contributed by atoms with Gasteiger partial charge >= 0.3 is 0 Å². The highest BCUT2D eigenvalue weighted by atomic mass is 19.2. The summed E-state index contributed by atoms with van der Waals surface area (Å²) in [6.45, 7) is 2.76. The van der Waals surface area contributed by atoms with E-state index in [1.165, 1.54) is 6.07 Å². The Morgan fingerprint density at radius 2 is 2.21 bits per heavy atom. The van der Waals surface area contributed by atoms with Crippen LogP contribution >= 0.6 is 0 Å². The van der Waals surface area contributed by atoms with Crippen molar-refractivity contribution < 1.29 is 8.78 Å². The summed E-state index contributed by atoms with van der Waals surface area (Å²) in [6.07, 6.45) is 1.48. The average molecular weight is 197 g/mol. The van der Waals surface area contributed by atoms with E-state index in [2.05, 4.69) is 5.32 Å². The van der Waals surface area contributed by atoms with Gasteiger partial charge in [-0.1, -0.05) is 13.0 Å². The number of hydrogen-bond donors (Lipinski definition) is 1. The van der Waals surface area contributed by atoms with E-state index in [4.69, 9.17) is 0 Å². The molecule has 76 valence electrons. The average Bonchev–Trinajstić information content (AvgIpc) is 2.23. The number of fused-ring (bicyclic) bond motifs is 1. The molecule has 0 radical (unpaired) electrons. The summed E-state index contributed by atoms with van der Waals surface area (Å²) >= 11 is 0. The van der Waals surface area contributed by atoms with Gasteiger partial charge in [0.05, 0.1) is 0 Å². The molecular weight excluding hydrogens is 184 g/mol. The number of rotatable bonds is 1. The van der Waals surface area contributed by atoms with Crippen molar-refractivity contribution in [2.45, 2.75) is 25.8 Å². The molecule has 0 bridgehead atoms. The molecule has 1 aliphatic rings. The maximum atomic E-state index is 13.4. The molecule has 0 spiro atoms. The molecule has 0 saturated heterocycles. The van der Waals surface area contributed by atoms with Crippen LogP contribution in [0.2, 0.25) is 0 Å². The third kappa shape index (κ3) is 1.42. The molecule has 14 heavy (non-hydrogen) atoms. The molecule has 1 aromatic carbocycles. The Bertz CT molecular complexity index is 349. The molecule has 0 aliphatic carbocycles. The summed E-state index contributed by atoms with van der Waals surface area (Å²) in [6, 6.07) is 3.08. The van der Waals surface area contributed by atoms with Gasteiger partial charge in [0, 0.05) is 6.04 Å². The fraction of sp³-hybridized carbons (Fsp3) is 0.455. The van der Waals surface area contributed by atoms with Crippen LogP contribution in [0.4, 0.5) is 8.78 Å².